The van der Waals surface area contributed by atoms with Gasteiger partial charge in [0.1, 0.15) is 11.6 Å². The van der Waals surface area contributed by atoms with Crippen molar-refractivity contribution in [3.8, 4) is 5.75 Å². The molecular formula is C14H21FIN3O. The smallest absolute Gasteiger partial charge is 0.191 e. The van der Waals surface area contributed by atoms with E-state index >= 15 is 0 Å². The number of aliphatic imine (C=N–C) groups is 1. The fraction of sp³-hybridized carbons (Fsp3) is 0.357. The Morgan fingerprint density at radius 2 is 2.05 bits per heavy atom. The van der Waals surface area contributed by atoms with Crippen LogP contribution in [0.15, 0.2) is 41.9 Å². The van der Waals surface area contributed by atoms with Gasteiger partial charge in [-0.05, 0) is 30.7 Å². The molecular weight excluding hydrogens is 372 g/mol. The van der Waals surface area contributed by atoms with Gasteiger partial charge in [-0.25, -0.2) is 4.39 Å². The van der Waals surface area contributed by atoms with Crippen LogP contribution < -0.4 is 15.4 Å². The molecule has 1 rings (SSSR count). The number of nitrogens with one attached hydrogen (secondary N) is 2. The zero-order chi connectivity index (χ0) is 13.9. The van der Waals surface area contributed by atoms with Crippen LogP contribution in [0, 0.1) is 5.82 Å². The third-order valence-corrected chi connectivity index (χ3v) is 2.33. The molecule has 0 bridgehead atoms. The minimum atomic E-state index is -0.258. The highest BCUT2D eigenvalue weighted by atomic mass is 127. The number of rotatable bonds is 7. The standard InChI is InChI=1S/C14H20FN3O.HI/c1-3-9-17-14(16-2)18-10-4-11-19-13-7-5-12(15)6-8-13;/h3,5-8H,1,4,9-11H2,2H3,(H2,16,17,18);1H. The van der Waals surface area contributed by atoms with Crippen LogP contribution in [-0.2, 0) is 0 Å². The highest BCUT2D eigenvalue weighted by Crippen LogP contribution is 2.10. The van der Waals surface area contributed by atoms with Gasteiger partial charge in [-0.1, -0.05) is 6.08 Å². The minimum Gasteiger partial charge on any atom is -0.494 e. The number of benzene rings is 1. The fourth-order valence-electron chi connectivity index (χ4n) is 1.39. The molecule has 0 aliphatic rings. The molecule has 0 aliphatic heterocycles. The summed E-state index contributed by atoms with van der Waals surface area (Å²) in [5.41, 5.74) is 0. The molecule has 20 heavy (non-hydrogen) atoms. The Bertz CT molecular complexity index is 409. The molecule has 0 amide bonds. The molecule has 1 aromatic rings. The number of guanidine groups is 1. The van der Waals surface area contributed by atoms with E-state index in [0.29, 0.717) is 18.9 Å². The Kier molecular flexibility index (Phi) is 10.8. The number of ether oxygens (including phenoxy) is 1. The van der Waals surface area contributed by atoms with Crippen LogP contribution in [0.1, 0.15) is 6.42 Å². The van der Waals surface area contributed by atoms with E-state index in [0.717, 1.165) is 18.9 Å². The van der Waals surface area contributed by atoms with Gasteiger partial charge in [0, 0.05) is 20.1 Å². The molecule has 6 heteroatoms. The van der Waals surface area contributed by atoms with Gasteiger partial charge in [0.05, 0.1) is 6.61 Å². The van der Waals surface area contributed by atoms with Gasteiger partial charge in [-0.15, -0.1) is 30.6 Å². The predicted octanol–water partition coefficient (Wildman–Crippen LogP) is 2.56. The van der Waals surface area contributed by atoms with Gasteiger partial charge < -0.3 is 15.4 Å². The molecule has 0 heterocycles. The summed E-state index contributed by atoms with van der Waals surface area (Å²) in [4.78, 5) is 4.06. The lowest BCUT2D eigenvalue weighted by molar-refractivity contribution is 0.310. The van der Waals surface area contributed by atoms with Crippen LogP contribution in [0.2, 0.25) is 0 Å². The van der Waals surface area contributed by atoms with E-state index in [1.165, 1.54) is 12.1 Å². The van der Waals surface area contributed by atoms with Crippen molar-refractivity contribution >= 4 is 29.9 Å². The van der Waals surface area contributed by atoms with E-state index in [1.807, 2.05) is 0 Å². The van der Waals surface area contributed by atoms with Crippen LogP contribution in [-0.4, -0.2) is 32.7 Å². The van der Waals surface area contributed by atoms with E-state index in [4.69, 9.17) is 4.74 Å². The SMILES string of the molecule is C=CCNC(=NC)NCCCOc1ccc(F)cc1.I. The Balaban J connectivity index is 0.00000361. The van der Waals surface area contributed by atoms with Gasteiger partial charge in [0.2, 0.25) is 0 Å². The molecule has 0 spiro atoms. The molecule has 0 fully saturated rings. The quantitative estimate of drug-likeness (QED) is 0.246. The van der Waals surface area contributed by atoms with Crippen LogP contribution in [0.25, 0.3) is 0 Å². The summed E-state index contributed by atoms with van der Waals surface area (Å²) in [6.45, 7) is 5.61. The lowest BCUT2D eigenvalue weighted by Gasteiger charge is -2.10. The molecule has 112 valence electrons. The Morgan fingerprint density at radius 1 is 1.35 bits per heavy atom. The fourth-order valence-corrected chi connectivity index (χ4v) is 1.39. The first-order valence-corrected chi connectivity index (χ1v) is 6.20. The average molecular weight is 393 g/mol. The highest BCUT2D eigenvalue weighted by Gasteiger charge is 1.96. The second-order valence-electron chi connectivity index (χ2n) is 3.82. The molecule has 2 N–H and O–H groups in total. The summed E-state index contributed by atoms with van der Waals surface area (Å²) in [5.74, 6) is 1.16. The molecule has 0 saturated carbocycles. The first-order chi connectivity index (χ1) is 9.26. The van der Waals surface area contributed by atoms with Crippen molar-refractivity contribution in [1.29, 1.82) is 0 Å². The Hall–Kier alpha value is -1.31. The molecule has 4 nitrogen and oxygen atoms in total. The average Bonchev–Trinajstić information content (AvgIpc) is 2.44. The van der Waals surface area contributed by atoms with Gasteiger partial charge >= 0.3 is 0 Å². The van der Waals surface area contributed by atoms with Crippen molar-refractivity contribution in [2.45, 2.75) is 6.42 Å². The minimum absolute atomic E-state index is 0. The van der Waals surface area contributed by atoms with Gasteiger partial charge in [0.15, 0.2) is 5.96 Å². The van der Waals surface area contributed by atoms with E-state index in [9.17, 15) is 4.39 Å². The zero-order valence-corrected chi connectivity index (χ0v) is 13.9. The normalized spacial score (nSPS) is 10.4. The van der Waals surface area contributed by atoms with Crippen LogP contribution >= 0.6 is 24.0 Å². The number of halogens is 2. The third kappa shape index (κ3) is 7.98. The van der Waals surface area contributed by atoms with Crippen LogP contribution in [0.5, 0.6) is 5.75 Å². The molecule has 0 radical (unpaired) electrons. The van der Waals surface area contributed by atoms with Gasteiger partial charge in [-0.2, -0.15) is 0 Å². The van der Waals surface area contributed by atoms with Crippen molar-refractivity contribution in [2.75, 3.05) is 26.7 Å². The van der Waals surface area contributed by atoms with Crippen LogP contribution in [0.4, 0.5) is 4.39 Å². The summed E-state index contributed by atoms with van der Waals surface area (Å²) in [7, 11) is 1.72. The predicted molar refractivity (Wildman–Crippen MR) is 91.5 cm³/mol. The van der Waals surface area contributed by atoms with E-state index in [1.54, 1.807) is 25.3 Å². The van der Waals surface area contributed by atoms with Crippen molar-refractivity contribution in [3.05, 3.63) is 42.7 Å². The molecule has 0 aromatic heterocycles. The van der Waals surface area contributed by atoms with Crippen LogP contribution in [0.3, 0.4) is 0 Å². The maximum Gasteiger partial charge on any atom is 0.191 e. The third-order valence-electron chi connectivity index (χ3n) is 2.33. The van der Waals surface area contributed by atoms with Gasteiger partial charge in [-0.3, -0.25) is 4.99 Å². The van der Waals surface area contributed by atoms with Crippen molar-refractivity contribution in [2.24, 2.45) is 4.99 Å². The maximum atomic E-state index is 12.7. The summed E-state index contributed by atoms with van der Waals surface area (Å²) in [6.07, 6.45) is 2.59. The van der Waals surface area contributed by atoms with Crippen molar-refractivity contribution < 1.29 is 9.13 Å². The monoisotopic (exact) mass is 393 g/mol. The summed E-state index contributed by atoms with van der Waals surface area (Å²) in [6, 6.07) is 6.00. The largest absolute Gasteiger partial charge is 0.494 e. The lowest BCUT2D eigenvalue weighted by Crippen LogP contribution is -2.38. The summed E-state index contributed by atoms with van der Waals surface area (Å²) in [5, 5.41) is 6.22. The molecule has 0 saturated heterocycles. The topological polar surface area (TPSA) is 45.7 Å². The summed E-state index contributed by atoms with van der Waals surface area (Å²) >= 11 is 0. The van der Waals surface area contributed by atoms with Crippen molar-refractivity contribution in [3.63, 3.8) is 0 Å². The second-order valence-corrected chi connectivity index (χ2v) is 3.82. The first-order valence-electron chi connectivity index (χ1n) is 6.20. The van der Waals surface area contributed by atoms with E-state index in [2.05, 4.69) is 22.2 Å². The number of hydrogen-bond acceptors (Lipinski definition) is 2. The molecule has 0 aliphatic carbocycles. The molecule has 1 aromatic carbocycles. The van der Waals surface area contributed by atoms with Crippen molar-refractivity contribution in [1.82, 2.24) is 10.6 Å². The van der Waals surface area contributed by atoms with Gasteiger partial charge in [0.25, 0.3) is 0 Å². The van der Waals surface area contributed by atoms with E-state index < -0.39 is 0 Å². The number of hydrogen-bond donors (Lipinski definition) is 2. The number of nitrogens with zero attached hydrogens (tertiary/aromatic N) is 1. The Labute approximate surface area is 136 Å². The summed E-state index contributed by atoms with van der Waals surface area (Å²) < 4.78 is 18.1. The lowest BCUT2D eigenvalue weighted by atomic mass is 10.3. The molecule has 0 unspecified atom stereocenters. The zero-order valence-electron chi connectivity index (χ0n) is 11.6. The van der Waals surface area contributed by atoms with E-state index in [-0.39, 0.29) is 29.8 Å². The maximum absolute atomic E-state index is 12.7. The first kappa shape index (κ1) is 18.7. The molecule has 0 atom stereocenters. The Morgan fingerprint density at radius 3 is 2.65 bits per heavy atom. The highest BCUT2D eigenvalue weighted by molar-refractivity contribution is 14.0. The second kappa shape index (κ2) is 11.5.